The third-order valence-electron chi connectivity index (χ3n) is 4.41. The molecule has 0 saturated carbocycles. The number of para-hydroxylation sites is 1. The van der Waals surface area contributed by atoms with Crippen molar-refractivity contribution in [1.82, 2.24) is 5.32 Å². The molecule has 25 heavy (non-hydrogen) atoms. The number of amides is 1. The van der Waals surface area contributed by atoms with Gasteiger partial charge in [0.15, 0.2) is 0 Å². The van der Waals surface area contributed by atoms with Gasteiger partial charge in [-0.05, 0) is 32.4 Å². The molecule has 1 aliphatic heterocycles. The average molecular weight is 342 g/mol. The van der Waals surface area contributed by atoms with Crippen molar-refractivity contribution >= 4 is 17.6 Å². The average Bonchev–Trinajstić information content (AvgIpc) is 2.59. The second-order valence-electron chi connectivity index (χ2n) is 6.21. The molecule has 5 nitrogen and oxygen atoms in total. The summed E-state index contributed by atoms with van der Waals surface area (Å²) in [6.45, 7) is 5.81. The second-order valence-corrected chi connectivity index (χ2v) is 6.21. The van der Waals surface area contributed by atoms with E-state index >= 15 is 0 Å². The SMILES string of the molecule is CCCCC1C(C(=O)Nc2ccccc2)=C(C)NC(C)=C1C(=O)OC. The van der Waals surface area contributed by atoms with E-state index < -0.39 is 0 Å². The fourth-order valence-electron chi connectivity index (χ4n) is 3.23. The minimum absolute atomic E-state index is 0.189. The number of methoxy groups -OCH3 is 1. The lowest BCUT2D eigenvalue weighted by Gasteiger charge is -2.30. The Morgan fingerprint density at radius 2 is 1.76 bits per heavy atom. The van der Waals surface area contributed by atoms with E-state index in [1.54, 1.807) is 0 Å². The number of benzene rings is 1. The Hall–Kier alpha value is -2.56. The Morgan fingerprint density at radius 3 is 2.36 bits per heavy atom. The molecule has 1 atom stereocenters. The van der Waals surface area contributed by atoms with Crippen LogP contribution >= 0.6 is 0 Å². The van der Waals surface area contributed by atoms with E-state index in [9.17, 15) is 9.59 Å². The van der Waals surface area contributed by atoms with Crippen molar-refractivity contribution in [2.75, 3.05) is 12.4 Å². The number of rotatable bonds is 6. The normalized spacial score (nSPS) is 17.2. The van der Waals surface area contributed by atoms with Gasteiger partial charge in [-0.3, -0.25) is 4.79 Å². The number of esters is 1. The van der Waals surface area contributed by atoms with Gasteiger partial charge in [-0.1, -0.05) is 38.0 Å². The highest BCUT2D eigenvalue weighted by molar-refractivity contribution is 6.07. The van der Waals surface area contributed by atoms with Crippen molar-refractivity contribution in [2.45, 2.75) is 40.0 Å². The lowest BCUT2D eigenvalue weighted by atomic mass is 9.81. The summed E-state index contributed by atoms with van der Waals surface area (Å²) in [5, 5.41) is 6.09. The van der Waals surface area contributed by atoms with E-state index in [2.05, 4.69) is 17.6 Å². The van der Waals surface area contributed by atoms with Crippen molar-refractivity contribution < 1.29 is 14.3 Å². The van der Waals surface area contributed by atoms with Gasteiger partial charge in [-0.25, -0.2) is 4.79 Å². The predicted octanol–water partition coefficient (Wildman–Crippen LogP) is 3.76. The molecular formula is C20H26N2O3. The first-order valence-corrected chi connectivity index (χ1v) is 8.62. The van der Waals surface area contributed by atoms with Gasteiger partial charge in [-0.2, -0.15) is 0 Å². The number of anilines is 1. The van der Waals surface area contributed by atoms with Gasteiger partial charge >= 0.3 is 5.97 Å². The Labute approximate surface area is 149 Å². The minimum atomic E-state index is -0.386. The van der Waals surface area contributed by atoms with E-state index in [1.807, 2.05) is 44.2 Å². The summed E-state index contributed by atoms with van der Waals surface area (Å²) in [6.07, 6.45) is 2.65. The molecule has 0 bridgehead atoms. The Morgan fingerprint density at radius 1 is 1.12 bits per heavy atom. The zero-order valence-corrected chi connectivity index (χ0v) is 15.3. The Kier molecular flexibility index (Phi) is 6.39. The number of carbonyl (C=O) groups excluding carboxylic acids is 2. The summed E-state index contributed by atoms with van der Waals surface area (Å²) in [4.78, 5) is 25.2. The van der Waals surface area contributed by atoms with E-state index in [-0.39, 0.29) is 17.8 Å². The molecule has 1 heterocycles. The van der Waals surface area contributed by atoms with Crippen LogP contribution in [-0.2, 0) is 14.3 Å². The molecule has 1 aromatic rings. The number of dihydropyridines is 1. The monoisotopic (exact) mass is 342 g/mol. The number of hydrogen-bond acceptors (Lipinski definition) is 4. The molecule has 0 fully saturated rings. The number of carbonyl (C=O) groups is 2. The van der Waals surface area contributed by atoms with Crippen LogP contribution in [0, 0.1) is 5.92 Å². The van der Waals surface area contributed by atoms with Crippen LogP contribution in [0.5, 0.6) is 0 Å². The van der Waals surface area contributed by atoms with Gasteiger partial charge in [0.25, 0.3) is 5.91 Å². The van der Waals surface area contributed by atoms with Crippen LogP contribution in [0.1, 0.15) is 40.0 Å². The summed E-state index contributed by atoms with van der Waals surface area (Å²) in [7, 11) is 1.37. The molecule has 0 saturated heterocycles. The van der Waals surface area contributed by atoms with Crippen molar-refractivity contribution in [3.8, 4) is 0 Å². The summed E-state index contributed by atoms with van der Waals surface area (Å²) in [6, 6.07) is 9.32. The maximum absolute atomic E-state index is 12.9. The van der Waals surface area contributed by atoms with Crippen molar-refractivity contribution in [3.05, 3.63) is 52.9 Å². The summed E-state index contributed by atoms with van der Waals surface area (Å²) in [5.74, 6) is -0.841. The van der Waals surface area contributed by atoms with Gasteiger partial charge in [0.2, 0.25) is 0 Å². The van der Waals surface area contributed by atoms with Gasteiger partial charge < -0.3 is 15.4 Å². The standard InChI is InChI=1S/C20H26N2O3/c1-5-6-12-16-17(19(23)22-15-10-8-7-9-11-15)13(2)21-14(3)18(16)20(24)25-4/h7-11,16,21H,5-6,12H2,1-4H3,(H,22,23). The van der Waals surface area contributed by atoms with Gasteiger partial charge in [0, 0.05) is 28.6 Å². The second kappa shape index (κ2) is 8.51. The third kappa shape index (κ3) is 4.29. The first kappa shape index (κ1) is 18.8. The molecule has 0 aromatic heterocycles. The molecule has 0 radical (unpaired) electrons. The molecule has 1 amide bonds. The minimum Gasteiger partial charge on any atom is -0.466 e. The van der Waals surface area contributed by atoms with Crippen molar-refractivity contribution in [1.29, 1.82) is 0 Å². The number of unbranched alkanes of at least 4 members (excludes halogenated alkanes) is 1. The number of hydrogen-bond donors (Lipinski definition) is 2. The smallest absolute Gasteiger partial charge is 0.336 e. The van der Waals surface area contributed by atoms with Crippen molar-refractivity contribution in [2.24, 2.45) is 5.92 Å². The Bertz CT molecular complexity index is 705. The molecule has 0 aliphatic carbocycles. The quantitative estimate of drug-likeness (QED) is 0.773. The highest BCUT2D eigenvalue weighted by Gasteiger charge is 2.35. The third-order valence-corrected chi connectivity index (χ3v) is 4.41. The highest BCUT2D eigenvalue weighted by atomic mass is 16.5. The fourth-order valence-corrected chi connectivity index (χ4v) is 3.23. The van der Waals surface area contributed by atoms with Crippen LogP contribution in [-0.4, -0.2) is 19.0 Å². The zero-order valence-electron chi connectivity index (χ0n) is 15.3. The lowest BCUT2D eigenvalue weighted by molar-refractivity contribution is -0.136. The summed E-state index contributed by atoms with van der Waals surface area (Å²) >= 11 is 0. The zero-order chi connectivity index (χ0) is 18.4. The van der Waals surface area contributed by atoms with Gasteiger partial charge in [-0.15, -0.1) is 0 Å². The molecule has 5 heteroatoms. The van der Waals surface area contributed by atoms with Gasteiger partial charge in [0.05, 0.1) is 12.7 Å². The van der Waals surface area contributed by atoms with E-state index in [4.69, 9.17) is 4.74 Å². The van der Waals surface area contributed by atoms with Crippen molar-refractivity contribution in [3.63, 3.8) is 0 Å². The molecule has 1 aromatic carbocycles. The first-order chi connectivity index (χ1) is 12.0. The molecule has 0 spiro atoms. The van der Waals surface area contributed by atoms with E-state index in [1.165, 1.54) is 7.11 Å². The molecule has 1 unspecified atom stereocenters. The summed E-state index contributed by atoms with van der Waals surface area (Å²) < 4.78 is 4.96. The molecular weight excluding hydrogens is 316 g/mol. The van der Waals surface area contributed by atoms with E-state index in [0.29, 0.717) is 11.1 Å². The largest absolute Gasteiger partial charge is 0.466 e. The van der Waals surface area contributed by atoms with Gasteiger partial charge in [0.1, 0.15) is 0 Å². The molecule has 134 valence electrons. The Balaban J connectivity index is 2.36. The molecule has 2 N–H and O–H groups in total. The summed E-state index contributed by atoms with van der Waals surface area (Å²) in [5.41, 5.74) is 3.40. The first-order valence-electron chi connectivity index (χ1n) is 8.62. The van der Waals surface area contributed by atoms with Crippen LogP contribution in [0.3, 0.4) is 0 Å². The maximum atomic E-state index is 12.9. The number of ether oxygens (including phenoxy) is 1. The lowest BCUT2D eigenvalue weighted by Crippen LogP contribution is -2.34. The maximum Gasteiger partial charge on any atom is 0.336 e. The van der Waals surface area contributed by atoms with Crippen LogP contribution in [0.2, 0.25) is 0 Å². The molecule has 2 rings (SSSR count). The molecule has 1 aliphatic rings. The van der Waals surface area contributed by atoms with Crippen LogP contribution in [0.15, 0.2) is 52.9 Å². The number of allylic oxidation sites excluding steroid dienone is 2. The fraction of sp³-hybridized carbons (Fsp3) is 0.400. The topological polar surface area (TPSA) is 67.4 Å². The van der Waals surface area contributed by atoms with E-state index in [0.717, 1.165) is 36.3 Å². The van der Waals surface area contributed by atoms with Crippen LogP contribution in [0.4, 0.5) is 5.69 Å². The predicted molar refractivity (Wildman–Crippen MR) is 98.6 cm³/mol. The number of nitrogens with one attached hydrogen (secondary N) is 2. The van der Waals surface area contributed by atoms with Crippen LogP contribution < -0.4 is 10.6 Å². The highest BCUT2D eigenvalue weighted by Crippen LogP contribution is 2.34. The van der Waals surface area contributed by atoms with Crippen LogP contribution in [0.25, 0.3) is 0 Å².